The van der Waals surface area contributed by atoms with Gasteiger partial charge in [0.1, 0.15) is 12.4 Å². The van der Waals surface area contributed by atoms with Crippen molar-refractivity contribution in [3.05, 3.63) is 101 Å². The zero-order chi connectivity index (χ0) is 20.6. The van der Waals surface area contributed by atoms with Crippen LogP contribution >= 0.6 is 0 Å². The van der Waals surface area contributed by atoms with Gasteiger partial charge in [-0.3, -0.25) is 9.59 Å². The predicted molar refractivity (Wildman–Crippen MR) is 112 cm³/mol. The van der Waals surface area contributed by atoms with Crippen LogP contribution in [0.4, 0.5) is 0 Å². The summed E-state index contributed by atoms with van der Waals surface area (Å²) in [6.45, 7) is 2.39. The highest BCUT2D eigenvalue weighted by atomic mass is 16.5. The molecule has 0 radical (unpaired) electrons. The van der Waals surface area contributed by atoms with E-state index in [9.17, 15) is 9.59 Å². The Labute approximate surface area is 170 Å². The summed E-state index contributed by atoms with van der Waals surface area (Å²) in [5, 5.41) is 9.10. The van der Waals surface area contributed by atoms with Gasteiger partial charge in [-0.15, -0.1) is 0 Å². The van der Waals surface area contributed by atoms with E-state index in [1.165, 1.54) is 0 Å². The third kappa shape index (κ3) is 5.79. The van der Waals surface area contributed by atoms with Gasteiger partial charge in [-0.2, -0.15) is 0 Å². The zero-order valence-electron chi connectivity index (χ0n) is 16.4. The summed E-state index contributed by atoms with van der Waals surface area (Å²) in [6, 6.07) is 24.6. The smallest absolute Gasteiger partial charge is 0.303 e. The number of carboxylic acid groups (broad SMARTS) is 1. The van der Waals surface area contributed by atoms with E-state index in [4.69, 9.17) is 9.84 Å². The highest BCUT2D eigenvalue weighted by Gasteiger charge is 2.23. The lowest BCUT2D eigenvalue weighted by Gasteiger charge is -2.17. The van der Waals surface area contributed by atoms with E-state index in [0.717, 1.165) is 16.7 Å². The van der Waals surface area contributed by atoms with Crippen LogP contribution in [-0.4, -0.2) is 16.9 Å². The molecular weight excluding hydrogens is 364 g/mol. The maximum atomic E-state index is 13.2. The van der Waals surface area contributed by atoms with Gasteiger partial charge in [0.05, 0.1) is 0 Å². The number of carbonyl (C=O) groups is 2. The molecule has 0 aliphatic carbocycles. The van der Waals surface area contributed by atoms with Gasteiger partial charge in [0.2, 0.25) is 0 Å². The average molecular weight is 388 g/mol. The quantitative estimate of drug-likeness (QED) is 0.498. The molecule has 0 heterocycles. The van der Waals surface area contributed by atoms with Crippen molar-refractivity contribution in [3.8, 4) is 5.75 Å². The molecule has 4 nitrogen and oxygen atoms in total. The summed E-state index contributed by atoms with van der Waals surface area (Å²) in [5.74, 6) is -0.896. The number of carboxylic acids is 1. The molecule has 3 rings (SSSR count). The van der Waals surface area contributed by atoms with Crippen LogP contribution in [0.2, 0.25) is 0 Å². The molecule has 0 amide bonds. The Kier molecular flexibility index (Phi) is 6.80. The number of aryl methyl sites for hydroxylation is 1. The van der Waals surface area contributed by atoms with Gasteiger partial charge in [0.25, 0.3) is 0 Å². The van der Waals surface area contributed by atoms with Gasteiger partial charge >= 0.3 is 5.97 Å². The molecular formula is C25H24O4. The maximum absolute atomic E-state index is 13.2. The van der Waals surface area contributed by atoms with Gasteiger partial charge in [-0.1, -0.05) is 72.3 Å². The second-order valence-corrected chi connectivity index (χ2v) is 7.06. The molecule has 0 spiro atoms. The lowest BCUT2D eigenvalue weighted by Crippen LogP contribution is -2.15. The monoisotopic (exact) mass is 388 g/mol. The number of hydrogen-bond donors (Lipinski definition) is 1. The molecule has 3 aromatic carbocycles. The lowest BCUT2D eigenvalue weighted by atomic mass is 9.86. The third-order valence-electron chi connectivity index (χ3n) is 4.81. The highest BCUT2D eigenvalue weighted by molar-refractivity contribution is 6.01. The Bertz CT molecular complexity index is 962. The van der Waals surface area contributed by atoms with Crippen molar-refractivity contribution in [2.75, 3.05) is 0 Å². The van der Waals surface area contributed by atoms with E-state index >= 15 is 0 Å². The molecule has 3 aromatic rings. The molecule has 1 N–H and O–H groups in total. The second kappa shape index (κ2) is 9.69. The lowest BCUT2D eigenvalue weighted by molar-refractivity contribution is -0.137. The minimum Gasteiger partial charge on any atom is -0.489 e. The predicted octanol–water partition coefficient (Wildman–Crippen LogP) is 5.41. The van der Waals surface area contributed by atoms with Gasteiger partial charge in [0.15, 0.2) is 5.78 Å². The molecule has 0 saturated heterocycles. The van der Waals surface area contributed by atoms with Crippen molar-refractivity contribution in [2.24, 2.45) is 0 Å². The Balaban J connectivity index is 1.79. The van der Waals surface area contributed by atoms with Gasteiger partial charge in [0, 0.05) is 17.9 Å². The van der Waals surface area contributed by atoms with Gasteiger partial charge in [-0.05, 0) is 36.6 Å². The molecule has 0 aliphatic heterocycles. The minimum absolute atomic E-state index is 0.0610. The van der Waals surface area contributed by atoms with Crippen molar-refractivity contribution >= 4 is 11.8 Å². The molecule has 0 aliphatic rings. The molecule has 148 valence electrons. The molecule has 29 heavy (non-hydrogen) atoms. The number of ketones is 1. The van der Waals surface area contributed by atoms with Gasteiger partial charge in [-0.25, -0.2) is 0 Å². The zero-order valence-corrected chi connectivity index (χ0v) is 16.4. The largest absolute Gasteiger partial charge is 0.489 e. The van der Waals surface area contributed by atoms with Crippen molar-refractivity contribution in [2.45, 2.75) is 32.3 Å². The Morgan fingerprint density at radius 2 is 1.66 bits per heavy atom. The van der Waals surface area contributed by atoms with E-state index in [-0.39, 0.29) is 18.6 Å². The van der Waals surface area contributed by atoms with Crippen molar-refractivity contribution in [1.82, 2.24) is 0 Å². The normalized spacial score (nSPS) is 11.6. The van der Waals surface area contributed by atoms with Crippen LogP contribution in [0.15, 0.2) is 78.9 Å². The first-order chi connectivity index (χ1) is 14.0. The number of aliphatic carboxylic acids is 1. The topological polar surface area (TPSA) is 63.6 Å². The van der Waals surface area contributed by atoms with Crippen LogP contribution in [0.1, 0.15) is 45.8 Å². The fourth-order valence-electron chi connectivity index (χ4n) is 3.20. The minimum atomic E-state index is -0.908. The van der Waals surface area contributed by atoms with E-state index in [0.29, 0.717) is 17.9 Å². The number of benzene rings is 3. The molecule has 0 fully saturated rings. The van der Waals surface area contributed by atoms with E-state index in [1.807, 2.05) is 67.6 Å². The van der Waals surface area contributed by atoms with Gasteiger partial charge < -0.3 is 9.84 Å². The molecule has 1 atom stereocenters. The van der Waals surface area contributed by atoms with Crippen LogP contribution < -0.4 is 4.74 Å². The summed E-state index contributed by atoms with van der Waals surface area (Å²) >= 11 is 0. The highest BCUT2D eigenvalue weighted by Crippen LogP contribution is 2.28. The Morgan fingerprint density at radius 1 is 0.931 bits per heavy atom. The van der Waals surface area contributed by atoms with Crippen LogP contribution in [0.25, 0.3) is 0 Å². The second-order valence-electron chi connectivity index (χ2n) is 7.06. The first-order valence-electron chi connectivity index (χ1n) is 9.62. The molecule has 0 unspecified atom stereocenters. The standard InChI is InChI=1S/C25H24O4/c1-18-10-12-20(13-11-18)23(14-15-24(26)27)25(28)21-8-5-9-22(16-21)29-17-19-6-3-2-4-7-19/h2-13,16,23H,14-15,17H2,1H3,(H,26,27)/t23-/m0/s1. The summed E-state index contributed by atoms with van der Waals surface area (Å²) in [6.07, 6.45) is 0.195. The first-order valence-corrected chi connectivity index (χ1v) is 9.62. The van der Waals surface area contributed by atoms with Crippen LogP contribution in [-0.2, 0) is 11.4 Å². The number of carbonyl (C=O) groups excluding carboxylic acids is 1. The van der Waals surface area contributed by atoms with E-state index in [2.05, 4.69) is 0 Å². The fraction of sp³-hybridized carbons (Fsp3) is 0.200. The first kappa shape index (κ1) is 20.3. The molecule has 0 bridgehead atoms. The van der Waals surface area contributed by atoms with Crippen LogP contribution in [0.3, 0.4) is 0 Å². The van der Waals surface area contributed by atoms with Crippen molar-refractivity contribution < 1.29 is 19.4 Å². The SMILES string of the molecule is Cc1ccc([C@H](CCC(=O)O)C(=O)c2cccc(OCc3ccccc3)c2)cc1. The number of Topliss-reactive ketones (excluding diaryl/α,β-unsaturated/α-hetero) is 1. The number of rotatable bonds is 9. The van der Waals surface area contributed by atoms with Crippen LogP contribution in [0, 0.1) is 6.92 Å². The number of hydrogen-bond acceptors (Lipinski definition) is 3. The van der Waals surface area contributed by atoms with Crippen molar-refractivity contribution in [1.29, 1.82) is 0 Å². The summed E-state index contributed by atoms with van der Waals surface area (Å²) in [4.78, 5) is 24.3. The molecule has 0 aromatic heterocycles. The Morgan fingerprint density at radius 3 is 2.34 bits per heavy atom. The summed E-state index contributed by atoms with van der Waals surface area (Å²) in [7, 11) is 0. The molecule has 0 saturated carbocycles. The van der Waals surface area contributed by atoms with Crippen LogP contribution in [0.5, 0.6) is 5.75 Å². The fourth-order valence-corrected chi connectivity index (χ4v) is 3.20. The Hall–Kier alpha value is -3.40. The van der Waals surface area contributed by atoms with Crippen molar-refractivity contribution in [3.63, 3.8) is 0 Å². The molecule has 4 heteroatoms. The number of ether oxygens (including phenoxy) is 1. The summed E-state index contributed by atoms with van der Waals surface area (Å²) < 4.78 is 5.84. The summed E-state index contributed by atoms with van der Waals surface area (Å²) in [5.41, 5.74) is 3.49. The third-order valence-corrected chi connectivity index (χ3v) is 4.81. The van der Waals surface area contributed by atoms with E-state index < -0.39 is 11.9 Å². The maximum Gasteiger partial charge on any atom is 0.303 e. The average Bonchev–Trinajstić information content (AvgIpc) is 2.74. The van der Waals surface area contributed by atoms with E-state index in [1.54, 1.807) is 18.2 Å².